The van der Waals surface area contributed by atoms with Crippen LogP contribution < -0.4 is 5.32 Å². The van der Waals surface area contributed by atoms with E-state index in [9.17, 15) is 19.7 Å². The highest BCUT2D eigenvalue weighted by Gasteiger charge is 2.22. The van der Waals surface area contributed by atoms with E-state index in [0.717, 1.165) is 6.07 Å². The minimum absolute atomic E-state index is 0.0215. The molecule has 2 aromatic rings. The molecule has 2 rings (SSSR count). The Morgan fingerprint density at radius 3 is 2.38 bits per heavy atom. The first kappa shape index (κ1) is 20.0. The van der Waals surface area contributed by atoms with E-state index in [1.807, 2.05) is 0 Å². The quantitative estimate of drug-likeness (QED) is 0.430. The van der Waals surface area contributed by atoms with E-state index in [2.05, 4.69) is 5.32 Å². The van der Waals surface area contributed by atoms with Crippen molar-refractivity contribution in [1.29, 1.82) is 0 Å². The van der Waals surface area contributed by atoms with E-state index >= 15 is 0 Å². The fourth-order valence-electron chi connectivity index (χ4n) is 1.89. The number of carbonyl (C=O) groups is 2. The molecule has 0 aromatic heterocycles. The van der Waals surface area contributed by atoms with Crippen LogP contribution in [0.3, 0.4) is 0 Å². The number of hydrogen-bond acceptors (Lipinski definition) is 5. The normalized spacial score (nSPS) is 11.5. The molecule has 0 fully saturated rings. The molecule has 0 bridgehead atoms. The van der Waals surface area contributed by atoms with Crippen LogP contribution in [0, 0.1) is 10.1 Å². The fraction of sp³-hybridized carbons (Fsp3) is 0.125. The van der Waals surface area contributed by atoms with Gasteiger partial charge in [-0.1, -0.05) is 34.8 Å². The van der Waals surface area contributed by atoms with Gasteiger partial charge in [0.05, 0.1) is 26.2 Å². The number of ether oxygens (including phenoxy) is 1. The summed E-state index contributed by atoms with van der Waals surface area (Å²) in [6.45, 7) is 1.36. The van der Waals surface area contributed by atoms with Crippen molar-refractivity contribution in [2.45, 2.75) is 13.0 Å². The first-order valence-electron chi connectivity index (χ1n) is 7.10. The van der Waals surface area contributed by atoms with Gasteiger partial charge in [0.1, 0.15) is 0 Å². The number of benzene rings is 2. The predicted octanol–water partition coefficient (Wildman–Crippen LogP) is 4.74. The molecule has 2 aromatic carbocycles. The minimum atomic E-state index is -1.17. The summed E-state index contributed by atoms with van der Waals surface area (Å²) in [6, 6.07) is 7.78. The third-order valence-corrected chi connectivity index (χ3v) is 4.09. The van der Waals surface area contributed by atoms with Crippen LogP contribution in [0.5, 0.6) is 0 Å². The van der Waals surface area contributed by atoms with Crippen LogP contribution in [-0.4, -0.2) is 22.9 Å². The molecule has 1 unspecified atom stereocenters. The van der Waals surface area contributed by atoms with Crippen molar-refractivity contribution in [3.8, 4) is 0 Å². The standard InChI is InChI=1S/C16H11Cl3N2O5/c1-8(26-16(23)11-4-2-9(17)6-12(11)18)15(22)20-14-5-3-10(21(24)25)7-13(14)19/h2-8H,1H3,(H,20,22). The van der Waals surface area contributed by atoms with Gasteiger partial charge in [0.25, 0.3) is 11.6 Å². The second kappa shape index (κ2) is 8.35. The molecule has 1 atom stereocenters. The maximum Gasteiger partial charge on any atom is 0.340 e. The maximum atomic E-state index is 12.2. The molecule has 0 heterocycles. The molecule has 26 heavy (non-hydrogen) atoms. The Labute approximate surface area is 162 Å². The van der Waals surface area contributed by atoms with Crippen LogP contribution in [0.25, 0.3) is 0 Å². The largest absolute Gasteiger partial charge is 0.449 e. The molecule has 10 heteroatoms. The van der Waals surface area contributed by atoms with Gasteiger partial charge < -0.3 is 10.1 Å². The first-order chi connectivity index (χ1) is 12.2. The molecular formula is C16H11Cl3N2O5. The predicted molar refractivity (Wildman–Crippen MR) is 98.1 cm³/mol. The summed E-state index contributed by atoms with van der Waals surface area (Å²) >= 11 is 17.6. The molecule has 0 spiro atoms. The molecule has 136 valence electrons. The zero-order valence-electron chi connectivity index (χ0n) is 13.2. The molecule has 0 aliphatic rings. The maximum absolute atomic E-state index is 12.2. The van der Waals surface area contributed by atoms with E-state index < -0.39 is 22.9 Å². The number of hydrogen-bond donors (Lipinski definition) is 1. The Kier molecular flexibility index (Phi) is 6.42. The van der Waals surface area contributed by atoms with Crippen molar-refractivity contribution < 1.29 is 19.2 Å². The number of anilines is 1. The number of nitrogens with zero attached hydrogens (tertiary/aromatic N) is 1. The average Bonchev–Trinajstić information content (AvgIpc) is 2.56. The summed E-state index contributed by atoms with van der Waals surface area (Å²) < 4.78 is 5.06. The number of nitrogens with one attached hydrogen (secondary N) is 1. The van der Waals surface area contributed by atoms with E-state index in [1.165, 1.54) is 37.3 Å². The topological polar surface area (TPSA) is 98.5 Å². The van der Waals surface area contributed by atoms with Crippen molar-refractivity contribution in [2.75, 3.05) is 5.32 Å². The summed E-state index contributed by atoms with van der Waals surface area (Å²) in [7, 11) is 0. The lowest BCUT2D eigenvalue weighted by Crippen LogP contribution is -2.30. The number of carbonyl (C=O) groups excluding carboxylic acids is 2. The second-order valence-electron chi connectivity index (χ2n) is 5.08. The van der Waals surface area contributed by atoms with E-state index in [-0.39, 0.29) is 27.0 Å². The van der Waals surface area contributed by atoms with E-state index in [0.29, 0.717) is 5.02 Å². The third-order valence-electron chi connectivity index (χ3n) is 3.23. The van der Waals surface area contributed by atoms with Gasteiger partial charge in [-0.25, -0.2) is 4.79 Å². The van der Waals surface area contributed by atoms with E-state index in [1.54, 1.807) is 0 Å². The number of amides is 1. The van der Waals surface area contributed by atoms with Gasteiger partial charge in [0.2, 0.25) is 0 Å². The lowest BCUT2D eigenvalue weighted by Gasteiger charge is -2.14. The first-order valence-corrected chi connectivity index (χ1v) is 8.23. The lowest BCUT2D eigenvalue weighted by atomic mass is 10.2. The minimum Gasteiger partial charge on any atom is -0.449 e. The van der Waals surface area contributed by atoms with Crippen molar-refractivity contribution in [3.05, 3.63) is 67.1 Å². The molecule has 0 aliphatic carbocycles. The highest BCUT2D eigenvalue weighted by molar-refractivity contribution is 6.36. The summed E-state index contributed by atoms with van der Waals surface area (Å²) in [6.07, 6.45) is -1.17. The Balaban J connectivity index is 2.05. The summed E-state index contributed by atoms with van der Waals surface area (Å²) in [5.41, 5.74) is -0.0105. The van der Waals surface area contributed by atoms with Gasteiger partial charge in [0.15, 0.2) is 6.10 Å². The van der Waals surface area contributed by atoms with Crippen molar-refractivity contribution in [2.24, 2.45) is 0 Å². The molecule has 1 N–H and O–H groups in total. The zero-order chi connectivity index (χ0) is 19.4. The number of nitro benzene ring substituents is 1. The smallest absolute Gasteiger partial charge is 0.340 e. The molecule has 1 amide bonds. The molecule has 0 saturated carbocycles. The van der Waals surface area contributed by atoms with Gasteiger partial charge in [-0.05, 0) is 31.2 Å². The van der Waals surface area contributed by atoms with Gasteiger partial charge in [0, 0.05) is 17.2 Å². The summed E-state index contributed by atoms with van der Waals surface area (Å²) in [5.74, 6) is -1.47. The zero-order valence-corrected chi connectivity index (χ0v) is 15.4. The average molecular weight is 418 g/mol. The van der Waals surface area contributed by atoms with Crippen LogP contribution in [0.2, 0.25) is 15.1 Å². The van der Waals surface area contributed by atoms with E-state index in [4.69, 9.17) is 39.5 Å². The van der Waals surface area contributed by atoms with Crippen LogP contribution in [0.1, 0.15) is 17.3 Å². The monoisotopic (exact) mass is 416 g/mol. The summed E-state index contributed by atoms with van der Waals surface area (Å²) in [5, 5.41) is 13.5. The van der Waals surface area contributed by atoms with Crippen molar-refractivity contribution >= 4 is 58.1 Å². The van der Waals surface area contributed by atoms with Gasteiger partial charge in [-0.15, -0.1) is 0 Å². The van der Waals surface area contributed by atoms with Gasteiger partial charge in [-0.2, -0.15) is 0 Å². The highest BCUT2D eigenvalue weighted by Crippen LogP contribution is 2.27. The third kappa shape index (κ3) is 4.85. The van der Waals surface area contributed by atoms with Crippen LogP contribution in [0.15, 0.2) is 36.4 Å². The highest BCUT2D eigenvalue weighted by atomic mass is 35.5. The summed E-state index contributed by atoms with van der Waals surface area (Å²) in [4.78, 5) is 34.3. The van der Waals surface area contributed by atoms with Crippen LogP contribution in [0.4, 0.5) is 11.4 Å². The van der Waals surface area contributed by atoms with Crippen molar-refractivity contribution in [1.82, 2.24) is 0 Å². The Hall–Kier alpha value is -2.35. The molecule has 0 radical (unpaired) electrons. The number of nitro groups is 1. The second-order valence-corrected chi connectivity index (χ2v) is 6.33. The van der Waals surface area contributed by atoms with Crippen LogP contribution >= 0.6 is 34.8 Å². The van der Waals surface area contributed by atoms with Crippen molar-refractivity contribution in [3.63, 3.8) is 0 Å². The number of halogens is 3. The Bertz CT molecular complexity index is 888. The number of esters is 1. The molecule has 0 aliphatic heterocycles. The number of non-ortho nitro benzene ring substituents is 1. The number of rotatable bonds is 5. The molecule has 7 nitrogen and oxygen atoms in total. The van der Waals surface area contributed by atoms with Crippen LogP contribution in [-0.2, 0) is 9.53 Å². The van der Waals surface area contributed by atoms with Gasteiger partial charge >= 0.3 is 5.97 Å². The lowest BCUT2D eigenvalue weighted by molar-refractivity contribution is -0.384. The fourth-order valence-corrected chi connectivity index (χ4v) is 2.59. The Morgan fingerprint density at radius 2 is 1.81 bits per heavy atom. The molecular weight excluding hydrogens is 407 g/mol. The molecule has 0 saturated heterocycles. The Morgan fingerprint density at radius 1 is 1.12 bits per heavy atom. The van der Waals surface area contributed by atoms with Gasteiger partial charge in [-0.3, -0.25) is 14.9 Å². The SMILES string of the molecule is CC(OC(=O)c1ccc(Cl)cc1Cl)C(=O)Nc1ccc([N+](=O)[O-])cc1Cl.